The molecule has 0 fully saturated rings. The van der Waals surface area contributed by atoms with Gasteiger partial charge in [-0.2, -0.15) is 0 Å². The maximum Gasteiger partial charge on any atom is 0.196 e. The van der Waals surface area contributed by atoms with Crippen LogP contribution in [0.2, 0.25) is 5.02 Å². The van der Waals surface area contributed by atoms with Crippen LogP contribution in [-0.2, 0) is 6.42 Å². The highest BCUT2D eigenvalue weighted by atomic mass is 35.5. The van der Waals surface area contributed by atoms with Gasteiger partial charge in [0.1, 0.15) is 5.76 Å². The fourth-order valence-electron chi connectivity index (χ4n) is 1.60. The molecule has 0 bridgehead atoms. The summed E-state index contributed by atoms with van der Waals surface area (Å²) in [7, 11) is 0. The molecule has 0 saturated carbocycles. The molecular weight excluding hydrogens is 224 g/mol. The number of aryl methyl sites for hydroxylation is 1. The highest BCUT2D eigenvalue weighted by Gasteiger charge is 2.15. The second-order valence-corrected chi connectivity index (χ2v) is 3.89. The van der Waals surface area contributed by atoms with Crippen LogP contribution in [0.4, 0.5) is 0 Å². The van der Waals surface area contributed by atoms with Gasteiger partial charge in [0.2, 0.25) is 0 Å². The van der Waals surface area contributed by atoms with Gasteiger partial charge in [-0.15, -0.1) is 0 Å². The molecule has 0 spiro atoms. The van der Waals surface area contributed by atoms with Crippen LogP contribution in [0.25, 0.3) is 0 Å². The summed E-state index contributed by atoms with van der Waals surface area (Å²) in [6, 6.07) is 8.62. The number of carbonyl (C=O) groups excluding carboxylic acids is 1. The van der Waals surface area contributed by atoms with Crippen LogP contribution in [-0.4, -0.2) is 5.78 Å². The molecule has 0 saturated heterocycles. The SMILES string of the molecule is CCc1occc1C(=O)c1cccc(Cl)c1. The first kappa shape index (κ1) is 11.0. The largest absolute Gasteiger partial charge is 0.469 e. The third-order valence-corrected chi connectivity index (χ3v) is 2.63. The van der Waals surface area contributed by atoms with Gasteiger partial charge in [-0.3, -0.25) is 4.79 Å². The van der Waals surface area contributed by atoms with Crippen LogP contribution >= 0.6 is 11.6 Å². The zero-order valence-electron chi connectivity index (χ0n) is 8.87. The van der Waals surface area contributed by atoms with Crippen molar-refractivity contribution < 1.29 is 9.21 Å². The number of rotatable bonds is 3. The molecule has 2 aromatic rings. The molecule has 2 rings (SSSR count). The van der Waals surface area contributed by atoms with E-state index in [1.54, 1.807) is 30.3 Å². The maximum atomic E-state index is 12.1. The van der Waals surface area contributed by atoms with Crippen LogP contribution in [0, 0.1) is 0 Å². The molecule has 0 N–H and O–H groups in total. The molecule has 3 heteroatoms. The number of halogens is 1. The van der Waals surface area contributed by atoms with Crippen molar-refractivity contribution in [3.63, 3.8) is 0 Å². The Morgan fingerprint density at radius 1 is 1.38 bits per heavy atom. The Hall–Kier alpha value is -1.54. The van der Waals surface area contributed by atoms with E-state index in [4.69, 9.17) is 16.0 Å². The van der Waals surface area contributed by atoms with Gasteiger partial charge >= 0.3 is 0 Å². The van der Waals surface area contributed by atoms with E-state index >= 15 is 0 Å². The summed E-state index contributed by atoms with van der Waals surface area (Å²) in [5, 5.41) is 0.562. The second kappa shape index (κ2) is 4.54. The quantitative estimate of drug-likeness (QED) is 0.758. The van der Waals surface area contributed by atoms with Crippen molar-refractivity contribution in [2.75, 3.05) is 0 Å². The molecular formula is C13H11ClO2. The van der Waals surface area contributed by atoms with Crippen LogP contribution < -0.4 is 0 Å². The van der Waals surface area contributed by atoms with Crippen molar-refractivity contribution in [3.05, 3.63) is 58.5 Å². The lowest BCUT2D eigenvalue weighted by atomic mass is 10.0. The summed E-state index contributed by atoms with van der Waals surface area (Å²) in [6.07, 6.45) is 2.24. The molecule has 0 unspecified atom stereocenters. The Morgan fingerprint density at radius 3 is 2.88 bits per heavy atom. The van der Waals surface area contributed by atoms with Crippen molar-refractivity contribution >= 4 is 17.4 Å². The molecule has 82 valence electrons. The minimum Gasteiger partial charge on any atom is -0.469 e. The average Bonchev–Trinajstić information content (AvgIpc) is 2.76. The van der Waals surface area contributed by atoms with Crippen molar-refractivity contribution in [3.8, 4) is 0 Å². The summed E-state index contributed by atoms with van der Waals surface area (Å²) < 4.78 is 5.23. The zero-order chi connectivity index (χ0) is 11.5. The number of hydrogen-bond acceptors (Lipinski definition) is 2. The van der Waals surface area contributed by atoms with Crippen LogP contribution in [0.3, 0.4) is 0 Å². The van der Waals surface area contributed by atoms with Gasteiger partial charge in [-0.25, -0.2) is 0 Å². The molecule has 0 atom stereocenters. The van der Waals surface area contributed by atoms with Crippen molar-refractivity contribution in [1.29, 1.82) is 0 Å². The molecule has 1 aromatic heterocycles. The number of benzene rings is 1. The van der Waals surface area contributed by atoms with Crippen molar-refractivity contribution in [2.45, 2.75) is 13.3 Å². The predicted octanol–water partition coefficient (Wildman–Crippen LogP) is 3.73. The van der Waals surface area contributed by atoms with Gasteiger partial charge in [-0.05, 0) is 18.2 Å². The molecule has 0 aliphatic heterocycles. The van der Waals surface area contributed by atoms with Gasteiger partial charge in [0.05, 0.1) is 11.8 Å². The van der Waals surface area contributed by atoms with E-state index in [0.717, 1.165) is 0 Å². The van der Waals surface area contributed by atoms with Gasteiger partial charge in [0, 0.05) is 17.0 Å². The number of carbonyl (C=O) groups is 1. The zero-order valence-corrected chi connectivity index (χ0v) is 9.62. The van der Waals surface area contributed by atoms with E-state index in [2.05, 4.69) is 0 Å². The van der Waals surface area contributed by atoms with Crippen LogP contribution in [0.15, 0.2) is 41.0 Å². The first-order chi connectivity index (χ1) is 7.72. The van der Waals surface area contributed by atoms with Gasteiger partial charge in [0.25, 0.3) is 0 Å². The fraction of sp³-hybridized carbons (Fsp3) is 0.154. The van der Waals surface area contributed by atoms with Crippen molar-refractivity contribution in [1.82, 2.24) is 0 Å². The fourth-order valence-corrected chi connectivity index (χ4v) is 1.79. The minimum absolute atomic E-state index is 0.0481. The third kappa shape index (κ3) is 2.02. The second-order valence-electron chi connectivity index (χ2n) is 3.45. The average molecular weight is 235 g/mol. The topological polar surface area (TPSA) is 30.2 Å². The van der Waals surface area contributed by atoms with Gasteiger partial charge in [0.15, 0.2) is 5.78 Å². The standard InChI is InChI=1S/C13H11ClO2/c1-2-12-11(6-7-16-12)13(15)9-4-3-5-10(14)8-9/h3-8H,2H2,1H3. The van der Waals surface area contributed by atoms with E-state index in [0.29, 0.717) is 28.3 Å². The van der Waals surface area contributed by atoms with E-state index in [1.807, 2.05) is 6.92 Å². The molecule has 0 radical (unpaired) electrons. The Morgan fingerprint density at radius 2 is 2.19 bits per heavy atom. The highest BCUT2D eigenvalue weighted by molar-refractivity contribution is 6.31. The molecule has 16 heavy (non-hydrogen) atoms. The number of ketones is 1. The summed E-state index contributed by atoms with van der Waals surface area (Å²) in [4.78, 5) is 12.1. The summed E-state index contributed by atoms with van der Waals surface area (Å²) in [6.45, 7) is 1.95. The molecule has 0 aliphatic rings. The first-order valence-corrected chi connectivity index (χ1v) is 5.46. The molecule has 1 heterocycles. The van der Waals surface area contributed by atoms with E-state index in [9.17, 15) is 4.79 Å². The summed E-state index contributed by atoms with van der Waals surface area (Å²) in [5.41, 5.74) is 1.20. The van der Waals surface area contributed by atoms with E-state index in [-0.39, 0.29) is 5.78 Å². The molecule has 0 amide bonds. The minimum atomic E-state index is -0.0481. The predicted molar refractivity (Wildman–Crippen MR) is 63.0 cm³/mol. The molecule has 1 aromatic carbocycles. The van der Waals surface area contributed by atoms with E-state index < -0.39 is 0 Å². The van der Waals surface area contributed by atoms with E-state index in [1.165, 1.54) is 6.26 Å². The van der Waals surface area contributed by atoms with Crippen LogP contribution in [0.5, 0.6) is 0 Å². The molecule has 0 aliphatic carbocycles. The molecule has 2 nitrogen and oxygen atoms in total. The lowest BCUT2D eigenvalue weighted by Gasteiger charge is -2.00. The van der Waals surface area contributed by atoms with Gasteiger partial charge in [-0.1, -0.05) is 30.7 Å². The highest BCUT2D eigenvalue weighted by Crippen LogP contribution is 2.18. The summed E-state index contributed by atoms with van der Waals surface area (Å²) >= 11 is 5.85. The Bertz CT molecular complexity index is 514. The Kier molecular flexibility index (Phi) is 3.11. The van der Waals surface area contributed by atoms with Crippen LogP contribution in [0.1, 0.15) is 28.6 Å². The normalized spacial score (nSPS) is 10.4. The first-order valence-electron chi connectivity index (χ1n) is 5.09. The Balaban J connectivity index is 2.39. The lowest BCUT2D eigenvalue weighted by molar-refractivity contribution is 0.103. The Labute approximate surface area is 98.8 Å². The third-order valence-electron chi connectivity index (χ3n) is 2.40. The van der Waals surface area contributed by atoms with Gasteiger partial charge < -0.3 is 4.42 Å². The maximum absolute atomic E-state index is 12.1. The van der Waals surface area contributed by atoms with Crippen molar-refractivity contribution in [2.24, 2.45) is 0 Å². The monoisotopic (exact) mass is 234 g/mol. The summed E-state index contributed by atoms with van der Waals surface area (Å²) in [5.74, 6) is 0.665. The smallest absolute Gasteiger partial charge is 0.196 e. The lowest BCUT2D eigenvalue weighted by Crippen LogP contribution is -2.02. The number of furan rings is 1. The number of hydrogen-bond donors (Lipinski definition) is 0.